The Balaban J connectivity index is 1.42. The number of amides is 2. The van der Waals surface area contributed by atoms with Gasteiger partial charge >= 0.3 is 0 Å². The van der Waals surface area contributed by atoms with Gasteiger partial charge in [-0.05, 0) is 39.2 Å². The third-order valence-electron chi connectivity index (χ3n) is 6.54. The van der Waals surface area contributed by atoms with Gasteiger partial charge in [0, 0.05) is 50.8 Å². The van der Waals surface area contributed by atoms with Crippen molar-refractivity contribution in [3.05, 3.63) is 23.3 Å². The maximum atomic E-state index is 12.8. The van der Waals surface area contributed by atoms with Crippen molar-refractivity contribution in [2.45, 2.75) is 71.0 Å². The molecule has 0 radical (unpaired) electrons. The molecule has 0 N–H and O–H groups in total. The zero-order chi connectivity index (χ0) is 19.7. The average Bonchev–Trinajstić information content (AvgIpc) is 3.19. The van der Waals surface area contributed by atoms with Crippen molar-refractivity contribution in [1.29, 1.82) is 0 Å². The van der Waals surface area contributed by atoms with Crippen LogP contribution in [0.1, 0.15) is 69.1 Å². The maximum Gasteiger partial charge on any atom is 0.237 e. The monoisotopic (exact) mass is 385 g/mol. The lowest BCUT2D eigenvalue weighted by Crippen LogP contribution is -2.47. The summed E-state index contributed by atoms with van der Waals surface area (Å²) in [6.45, 7) is 7.48. The molecule has 4 rings (SSSR count). The Morgan fingerprint density at radius 2 is 2.00 bits per heavy atom. The van der Waals surface area contributed by atoms with Gasteiger partial charge in [-0.25, -0.2) is 9.97 Å². The molecule has 2 fully saturated rings. The van der Waals surface area contributed by atoms with Gasteiger partial charge in [0.05, 0.1) is 18.3 Å². The van der Waals surface area contributed by atoms with E-state index in [1.54, 1.807) is 6.92 Å². The largest absolute Gasteiger partial charge is 0.337 e. The first-order chi connectivity index (χ1) is 13.5. The fourth-order valence-electron chi connectivity index (χ4n) is 4.78. The molecule has 7 nitrogen and oxygen atoms in total. The summed E-state index contributed by atoms with van der Waals surface area (Å²) in [5.41, 5.74) is 2.08. The molecule has 3 aliphatic rings. The quantitative estimate of drug-likeness (QED) is 0.795. The van der Waals surface area contributed by atoms with Gasteiger partial charge in [0.2, 0.25) is 11.8 Å². The molecule has 0 bridgehead atoms. The van der Waals surface area contributed by atoms with Gasteiger partial charge in [-0.1, -0.05) is 6.42 Å². The molecular weight excluding hydrogens is 354 g/mol. The van der Waals surface area contributed by atoms with Crippen LogP contribution in [0.5, 0.6) is 0 Å². The number of likely N-dealkylation sites (tertiary alicyclic amines) is 2. The van der Waals surface area contributed by atoms with Gasteiger partial charge in [0.25, 0.3) is 0 Å². The standard InChI is InChI=1S/C21H31N5O2/c1-15-6-3-4-9-24(15)14-20(28)25-11-8-18-17(13-25)12-22-21(23-18)19-7-5-10-26(19)16(2)27/h12,15,19H,3-11,13-14H2,1-2H3/t15-,19-/m1/s1. The Morgan fingerprint density at radius 3 is 2.79 bits per heavy atom. The Morgan fingerprint density at radius 1 is 1.14 bits per heavy atom. The van der Waals surface area contributed by atoms with Crippen LogP contribution in [0.3, 0.4) is 0 Å². The molecule has 0 aromatic carbocycles. The number of rotatable bonds is 3. The Kier molecular flexibility index (Phi) is 5.62. The first-order valence-electron chi connectivity index (χ1n) is 10.7. The van der Waals surface area contributed by atoms with Crippen LogP contribution >= 0.6 is 0 Å². The maximum absolute atomic E-state index is 12.8. The first-order valence-corrected chi connectivity index (χ1v) is 10.7. The molecule has 2 atom stereocenters. The molecule has 0 unspecified atom stereocenters. The van der Waals surface area contributed by atoms with E-state index in [-0.39, 0.29) is 17.9 Å². The molecule has 0 aliphatic carbocycles. The van der Waals surface area contributed by atoms with E-state index in [0.29, 0.717) is 25.7 Å². The van der Waals surface area contributed by atoms with Crippen LogP contribution in [0.2, 0.25) is 0 Å². The summed E-state index contributed by atoms with van der Waals surface area (Å²) in [4.78, 5) is 40.2. The van der Waals surface area contributed by atoms with Crippen LogP contribution < -0.4 is 0 Å². The highest BCUT2D eigenvalue weighted by molar-refractivity contribution is 5.78. The fraction of sp³-hybridized carbons (Fsp3) is 0.714. The molecule has 2 amide bonds. The second-order valence-electron chi connectivity index (χ2n) is 8.45. The summed E-state index contributed by atoms with van der Waals surface area (Å²) in [5.74, 6) is 1.06. The highest BCUT2D eigenvalue weighted by Crippen LogP contribution is 2.30. The minimum atomic E-state index is 0.00282. The highest BCUT2D eigenvalue weighted by atomic mass is 16.2. The number of carbonyl (C=O) groups excluding carboxylic acids is 2. The van der Waals surface area contributed by atoms with Crippen LogP contribution in [0, 0.1) is 0 Å². The van der Waals surface area contributed by atoms with Crippen LogP contribution in [-0.4, -0.2) is 68.7 Å². The number of carbonyl (C=O) groups is 2. The normalized spacial score (nSPS) is 25.6. The van der Waals surface area contributed by atoms with E-state index in [0.717, 1.165) is 49.4 Å². The van der Waals surface area contributed by atoms with Crippen molar-refractivity contribution in [2.75, 3.05) is 26.2 Å². The molecule has 0 saturated carbocycles. The predicted molar refractivity (Wildman–Crippen MR) is 105 cm³/mol. The van der Waals surface area contributed by atoms with Crippen LogP contribution in [0.15, 0.2) is 6.20 Å². The number of aromatic nitrogens is 2. The lowest BCUT2D eigenvalue weighted by atomic mass is 10.0. The van der Waals surface area contributed by atoms with Crippen molar-refractivity contribution in [3.63, 3.8) is 0 Å². The number of hydrogen-bond acceptors (Lipinski definition) is 5. The van der Waals surface area contributed by atoms with E-state index in [9.17, 15) is 9.59 Å². The predicted octanol–water partition coefficient (Wildman–Crippen LogP) is 1.92. The molecule has 0 spiro atoms. The summed E-state index contributed by atoms with van der Waals surface area (Å²) >= 11 is 0. The van der Waals surface area contributed by atoms with Gasteiger partial charge in [-0.2, -0.15) is 0 Å². The van der Waals surface area contributed by atoms with E-state index in [2.05, 4.69) is 16.8 Å². The summed E-state index contributed by atoms with van der Waals surface area (Å²) < 4.78 is 0. The second kappa shape index (κ2) is 8.15. The average molecular weight is 386 g/mol. The topological polar surface area (TPSA) is 69.6 Å². The van der Waals surface area contributed by atoms with Crippen LogP contribution in [0.4, 0.5) is 0 Å². The Bertz CT molecular complexity index is 752. The van der Waals surface area contributed by atoms with Crippen molar-refractivity contribution in [2.24, 2.45) is 0 Å². The van der Waals surface area contributed by atoms with E-state index in [1.165, 1.54) is 19.3 Å². The smallest absolute Gasteiger partial charge is 0.237 e. The summed E-state index contributed by atoms with van der Waals surface area (Å²) in [6.07, 6.45) is 8.21. The fourth-order valence-corrected chi connectivity index (χ4v) is 4.78. The second-order valence-corrected chi connectivity index (χ2v) is 8.45. The minimum Gasteiger partial charge on any atom is -0.337 e. The third-order valence-corrected chi connectivity index (χ3v) is 6.54. The summed E-state index contributed by atoms with van der Waals surface area (Å²) in [5, 5.41) is 0. The van der Waals surface area contributed by atoms with Crippen molar-refractivity contribution >= 4 is 11.8 Å². The molecule has 3 aliphatic heterocycles. The van der Waals surface area contributed by atoms with E-state index in [1.807, 2.05) is 16.0 Å². The molecular formula is C21H31N5O2. The number of hydrogen-bond donors (Lipinski definition) is 0. The number of fused-ring (bicyclic) bond motifs is 1. The summed E-state index contributed by atoms with van der Waals surface area (Å²) in [7, 11) is 0. The molecule has 2 saturated heterocycles. The Hall–Kier alpha value is -2.02. The lowest BCUT2D eigenvalue weighted by Gasteiger charge is -2.35. The van der Waals surface area contributed by atoms with E-state index < -0.39 is 0 Å². The van der Waals surface area contributed by atoms with Crippen molar-refractivity contribution < 1.29 is 9.59 Å². The van der Waals surface area contributed by atoms with Crippen molar-refractivity contribution in [1.82, 2.24) is 24.7 Å². The van der Waals surface area contributed by atoms with Gasteiger partial charge in [0.15, 0.2) is 5.82 Å². The third kappa shape index (κ3) is 3.90. The first kappa shape index (κ1) is 19.3. The van der Waals surface area contributed by atoms with Gasteiger partial charge in [0.1, 0.15) is 0 Å². The van der Waals surface area contributed by atoms with E-state index in [4.69, 9.17) is 4.98 Å². The van der Waals surface area contributed by atoms with E-state index >= 15 is 0 Å². The Labute approximate surface area is 167 Å². The molecule has 7 heteroatoms. The van der Waals surface area contributed by atoms with Crippen LogP contribution in [-0.2, 0) is 22.6 Å². The summed E-state index contributed by atoms with van der Waals surface area (Å²) in [6, 6.07) is 0.499. The molecule has 28 heavy (non-hydrogen) atoms. The highest BCUT2D eigenvalue weighted by Gasteiger charge is 2.32. The number of nitrogens with zero attached hydrogens (tertiary/aromatic N) is 5. The SMILES string of the molecule is CC(=O)N1CCC[C@@H]1c1ncc2c(n1)CCN(C(=O)CN1CCCC[C@H]1C)C2. The zero-order valence-corrected chi connectivity index (χ0v) is 17.1. The van der Waals surface area contributed by atoms with Gasteiger partial charge < -0.3 is 9.80 Å². The molecule has 1 aromatic rings. The van der Waals surface area contributed by atoms with Crippen LogP contribution in [0.25, 0.3) is 0 Å². The molecule has 1 aromatic heterocycles. The van der Waals surface area contributed by atoms with Crippen molar-refractivity contribution in [3.8, 4) is 0 Å². The van der Waals surface area contributed by atoms with Gasteiger partial charge in [-0.3, -0.25) is 14.5 Å². The number of piperidine rings is 1. The zero-order valence-electron chi connectivity index (χ0n) is 17.1. The lowest BCUT2D eigenvalue weighted by molar-refractivity contribution is -0.134. The molecule has 4 heterocycles. The minimum absolute atomic E-state index is 0.00282. The van der Waals surface area contributed by atoms with Gasteiger partial charge in [-0.15, -0.1) is 0 Å². The molecule has 152 valence electrons.